The zero-order chi connectivity index (χ0) is 12.1. The van der Waals surface area contributed by atoms with Crippen LogP contribution in [0.1, 0.15) is 12.5 Å². The maximum atomic E-state index is 5.34. The molecule has 2 rings (SSSR count). The van der Waals surface area contributed by atoms with Crippen LogP contribution in [0.5, 0.6) is 0 Å². The Bertz CT molecular complexity index is 350. The van der Waals surface area contributed by atoms with E-state index in [0.29, 0.717) is 6.04 Å². The fraction of sp³-hybridized carbons (Fsp3) is 0.615. The van der Waals surface area contributed by atoms with Gasteiger partial charge in [-0.3, -0.25) is 4.90 Å². The molecule has 1 saturated heterocycles. The van der Waals surface area contributed by atoms with Crippen LogP contribution >= 0.6 is 0 Å². The van der Waals surface area contributed by atoms with Crippen LogP contribution in [0.25, 0.3) is 0 Å². The zero-order valence-electron chi connectivity index (χ0n) is 10.6. The summed E-state index contributed by atoms with van der Waals surface area (Å²) in [6.07, 6.45) is 1.83. The van der Waals surface area contributed by atoms with E-state index < -0.39 is 0 Å². The van der Waals surface area contributed by atoms with Gasteiger partial charge in [0.15, 0.2) is 0 Å². The number of pyridine rings is 1. The SMILES string of the molecule is Cc1cccnc1NC(C)CN1CCOCC1. The Balaban J connectivity index is 1.84. The van der Waals surface area contributed by atoms with E-state index in [9.17, 15) is 0 Å². The number of anilines is 1. The molecule has 0 saturated carbocycles. The number of aromatic nitrogens is 1. The molecule has 4 heteroatoms. The highest BCUT2D eigenvalue weighted by Crippen LogP contribution is 2.11. The molecule has 1 N–H and O–H groups in total. The zero-order valence-corrected chi connectivity index (χ0v) is 10.6. The fourth-order valence-electron chi connectivity index (χ4n) is 2.09. The van der Waals surface area contributed by atoms with Gasteiger partial charge in [0.25, 0.3) is 0 Å². The molecule has 1 atom stereocenters. The number of rotatable bonds is 4. The number of hydrogen-bond donors (Lipinski definition) is 1. The van der Waals surface area contributed by atoms with Gasteiger partial charge in [-0.05, 0) is 25.5 Å². The van der Waals surface area contributed by atoms with Crippen molar-refractivity contribution in [3.63, 3.8) is 0 Å². The summed E-state index contributed by atoms with van der Waals surface area (Å²) >= 11 is 0. The predicted molar refractivity (Wildman–Crippen MR) is 69.3 cm³/mol. The first-order valence-corrected chi connectivity index (χ1v) is 6.24. The van der Waals surface area contributed by atoms with Gasteiger partial charge in [0.1, 0.15) is 5.82 Å². The van der Waals surface area contributed by atoms with Crippen molar-refractivity contribution in [1.29, 1.82) is 0 Å². The molecule has 1 aromatic rings. The van der Waals surface area contributed by atoms with E-state index in [-0.39, 0.29) is 0 Å². The molecule has 1 aliphatic rings. The van der Waals surface area contributed by atoms with E-state index in [1.165, 1.54) is 5.56 Å². The fourth-order valence-corrected chi connectivity index (χ4v) is 2.09. The molecule has 94 valence electrons. The van der Waals surface area contributed by atoms with E-state index in [0.717, 1.165) is 38.7 Å². The maximum Gasteiger partial charge on any atom is 0.129 e. The van der Waals surface area contributed by atoms with Crippen LogP contribution in [-0.2, 0) is 4.74 Å². The standard InChI is InChI=1S/C13H21N3O/c1-11-4-3-5-14-13(11)15-12(2)10-16-6-8-17-9-7-16/h3-5,12H,6-10H2,1-2H3,(H,14,15). The summed E-state index contributed by atoms with van der Waals surface area (Å²) in [5.41, 5.74) is 1.20. The molecule has 0 amide bonds. The molecule has 1 fully saturated rings. The van der Waals surface area contributed by atoms with Gasteiger partial charge >= 0.3 is 0 Å². The molecule has 0 aromatic carbocycles. The van der Waals surface area contributed by atoms with Crippen LogP contribution in [-0.4, -0.2) is 48.8 Å². The highest BCUT2D eigenvalue weighted by atomic mass is 16.5. The normalized spacial score (nSPS) is 18.9. The van der Waals surface area contributed by atoms with Crippen LogP contribution < -0.4 is 5.32 Å². The molecule has 1 aliphatic heterocycles. The number of hydrogen-bond acceptors (Lipinski definition) is 4. The van der Waals surface area contributed by atoms with Gasteiger partial charge < -0.3 is 10.1 Å². The first-order valence-electron chi connectivity index (χ1n) is 6.24. The van der Waals surface area contributed by atoms with Crippen molar-refractivity contribution in [3.8, 4) is 0 Å². The maximum absolute atomic E-state index is 5.34. The lowest BCUT2D eigenvalue weighted by Crippen LogP contribution is -2.42. The van der Waals surface area contributed by atoms with E-state index in [1.807, 2.05) is 12.3 Å². The Kier molecular flexibility index (Phi) is 4.34. The van der Waals surface area contributed by atoms with Crippen molar-refractivity contribution in [2.24, 2.45) is 0 Å². The predicted octanol–water partition coefficient (Wildman–Crippen LogP) is 1.52. The lowest BCUT2D eigenvalue weighted by atomic mass is 10.2. The Morgan fingerprint density at radius 3 is 2.94 bits per heavy atom. The number of ether oxygens (including phenoxy) is 1. The van der Waals surface area contributed by atoms with Gasteiger partial charge in [0.2, 0.25) is 0 Å². The monoisotopic (exact) mass is 235 g/mol. The quantitative estimate of drug-likeness (QED) is 0.858. The molecule has 1 aromatic heterocycles. The average Bonchev–Trinajstić information content (AvgIpc) is 2.33. The molecule has 1 unspecified atom stereocenters. The summed E-state index contributed by atoms with van der Waals surface area (Å²) in [4.78, 5) is 6.79. The minimum atomic E-state index is 0.404. The van der Waals surface area contributed by atoms with E-state index >= 15 is 0 Å². The Morgan fingerprint density at radius 2 is 2.24 bits per heavy atom. The molecule has 4 nitrogen and oxygen atoms in total. The van der Waals surface area contributed by atoms with Gasteiger partial charge in [-0.25, -0.2) is 4.98 Å². The van der Waals surface area contributed by atoms with Crippen molar-refractivity contribution >= 4 is 5.82 Å². The summed E-state index contributed by atoms with van der Waals surface area (Å²) in [5, 5.41) is 3.46. The van der Waals surface area contributed by atoms with E-state index in [2.05, 4.69) is 35.1 Å². The minimum Gasteiger partial charge on any atom is -0.379 e. The van der Waals surface area contributed by atoms with Gasteiger partial charge in [-0.15, -0.1) is 0 Å². The van der Waals surface area contributed by atoms with Gasteiger partial charge in [-0.2, -0.15) is 0 Å². The molecule has 0 bridgehead atoms. The molecule has 0 spiro atoms. The van der Waals surface area contributed by atoms with Crippen molar-refractivity contribution < 1.29 is 4.74 Å². The number of nitrogens with one attached hydrogen (secondary N) is 1. The van der Waals surface area contributed by atoms with Gasteiger partial charge in [0.05, 0.1) is 13.2 Å². The second kappa shape index (κ2) is 5.98. The van der Waals surface area contributed by atoms with E-state index in [1.54, 1.807) is 0 Å². The van der Waals surface area contributed by atoms with Crippen molar-refractivity contribution in [2.45, 2.75) is 19.9 Å². The minimum absolute atomic E-state index is 0.404. The lowest BCUT2D eigenvalue weighted by molar-refractivity contribution is 0.0368. The summed E-state index contributed by atoms with van der Waals surface area (Å²) in [6.45, 7) is 9.10. The first kappa shape index (κ1) is 12.3. The Morgan fingerprint density at radius 1 is 1.47 bits per heavy atom. The van der Waals surface area contributed by atoms with Crippen LogP contribution in [0.15, 0.2) is 18.3 Å². The van der Waals surface area contributed by atoms with Crippen LogP contribution in [0.2, 0.25) is 0 Å². The second-order valence-corrected chi connectivity index (χ2v) is 4.63. The largest absolute Gasteiger partial charge is 0.379 e. The summed E-state index contributed by atoms with van der Waals surface area (Å²) in [6, 6.07) is 4.45. The highest BCUT2D eigenvalue weighted by molar-refractivity contribution is 5.43. The number of nitrogens with zero attached hydrogens (tertiary/aromatic N) is 2. The third kappa shape index (κ3) is 3.68. The molecule has 0 aliphatic carbocycles. The van der Waals surface area contributed by atoms with Crippen LogP contribution in [0, 0.1) is 6.92 Å². The lowest BCUT2D eigenvalue weighted by Gasteiger charge is -2.29. The van der Waals surface area contributed by atoms with Crippen LogP contribution in [0.3, 0.4) is 0 Å². The smallest absolute Gasteiger partial charge is 0.129 e. The molecule has 2 heterocycles. The molecule has 0 radical (unpaired) electrons. The third-order valence-corrected chi connectivity index (χ3v) is 3.03. The van der Waals surface area contributed by atoms with Crippen LogP contribution in [0.4, 0.5) is 5.82 Å². The summed E-state index contributed by atoms with van der Waals surface area (Å²) in [7, 11) is 0. The topological polar surface area (TPSA) is 37.4 Å². The molecule has 17 heavy (non-hydrogen) atoms. The van der Waals surface area contributed by atoms with Crippen molar-refractivity contribution in [2.75, 3.05) is 38.2 Å². The van der Waals surface area contributed by atoms with Gasteiger partial charge in [-0.1, -0.05) is 6.07 Å². The first-order chi connectivity index (χ1) is 8.25. The third-order valence-electron chi connectivity index (χ3n) is 3.03. The molecular formula is C13H21N3O. The Labute approximate surface area is 103 Å². The Hall–Kier alpha value is -1.13. The summed E-state index contributed by atoms with van der Waals surface area (Å²) in [5.74, 6) is 0.994. The van der Waals surface area contributed by atoms with Crippen molar-refractivity contribution in [3.05, 3.63) is 23.9 Å². The van der Waals surface area contributed by atoms with Crippen molar-refractivity contribution in [1.82, 2.24) is 9.88 Å². The number of aryl methyl sites for hydroxylation is 1. The van der Waals surface area contributed by atoms with E-state index in [4.69, 9.17) is 4.74 Å². The average molecular weight is 235 g/mol. The number of morpholine rings is 1. The molecular weight excluding hydrogens is 214 g/mol. The second-order valence-electron chi connectivity index (χ2n) is 4.63. The summed E-state index contributed by atoms with van der Waals surface area (Å²) < 4.78 is 5.34. The highest BCUT2D eigenvalue weighted by Gasteiger charge is 2.14. The van der Waals surface area contributed by atoms with Gasteiger partial charge in [0, 0.05) is 31.9 Å².